The van der Waals surface area contributed by atoms with Crippen molar-refractivity contribution < 1.29 is 0 Å². The van der Waals surface area contributed by atoms with Crippen molar-refractivity contribution in [3.63, 3.8) is 0 Å². The highest BCUT2D eigenvalue weighted by molar-refractivity contribution is 7.21. The van der Waals surface area contributed by atoms with Crippen molar-refractivity contribution >= 4 is 57.0 Å². The third-order valence-corrected chi connectivity index (χ3v) is 6.83. The summed E-state index contributed by atoms with van der Waals surface area (Å²) in [5.41, 5.74) is 1.16. The van der Waals surface area contributed by atoms with Gasteiger partial charge in [-0.2, -0.15) is 0 Å². The maximum absolute atomic E-state index is 6.27. The van der Waals surface area contributed by atoms with Gasteiger partial charge in [0.15, 0.2) is 0 Å². The first kappa shape index (κ1) is 22.6. The first-order chi connectivity index (χ1) is 13.7. The predicted molar refractivity (Wildman–Crippen MR) is 130 cm³/mol. The molecule has 0 N–H and O–H groups in total. The van der Waals surface area contributed by atoms with E-state index >= 15 is 0 Å². The number of fused-ring (bicyclic) bond motifs is 1. The topological polar surface area (TPSA) is 15.6 Å². The van der Waals surface area contributed by atoms with Gasteiger partial charge in [-0.25, -0.2) is 0 Å². The molecule has 1 aliphatic rings. The lowest BCUT2D eigenvalue weighted by Gasteiger charge is -2.25. The van der Waals surface area contributed by atoms with Crippen LogP contribution in [0.15, 0.2) is 53.5 Å². The lowest BCUT2D eigenvalue weighted by molar-refractivity contribution is 0.227. The Morgan fingerprint density at radius 2 is 1.62 bits per heavy atom. The third kappa shape index (κ3) is 5.96. The molecule has 154 valence electrons. The van der Waals surface area contributed by atoms with Gasteiger partial charge in [0.2, 0.25) is 0 Å². The molecule has 0 radical (unpaired) electrons. The number of likely N-dealkylation sites (tertiary alicyclic amines) is 1. The molecule has 1 aliphatic heterocycles. The molecule has 1 aromatic heterocycles. The summed E-state index contributed by atoms with van der Waals surface area (Å²) in [6.07, 6.45) is 5.15. The summed E-state index contributed by atoms with van der Waals surface area (Å²) >= 11 is 14.1. The zero-order valence-corrected chi connectivity index (χ0v) is 19.4. The molecule has 0 atom stereocenters. The Kier molecular flexibility index (Phi) is 8.40. The van der Waals surface area contributed by atoms with Crippen molar-refractivity contribution in [1.29, 1.82) is 0 Å². The Morgan fingerprint density at radius 3 is 2.38 bits per heavy atom. The number of nitrogens with zero attached hydrogens (tertiary/aromatic N) is 2. The minimum absolute atomic E-state index is 0. The fraction of sp³-hybridized carbons (Fsp3) is 0.348. The highest BCUT2D eigenvalue weighted by atomic mass is 35.5. The molecular formula is C23H25Cl3N2S. The van der Waals surface area contributed by atoms with Crippen LogP contribution in [0.4, 0.5) is 0 Å². The number of hydrogen-bond acceptors (Lipinski definition) is 3. The van der Waals surface area contributed by atoms with E-state index in [-0.39, 0.29) is 12.4 Å². The lowest BCUT2D eigenvalue weighted by atomic mass is 10.1. The Hall–Kier alpha value is -1.10. The van der Waals surface area contributed by atoms with Crippen LogP contribution in [0.1, 0.15) is 25.7 Å². The van der Waals surface area contributed by atoms with Gasteiger partial charge in [0, 0.05) is 31.6 Å². The summed E-state index contributed by atoms with van der Waals surface area (Å²) < 4.78 is 1.20. The summed E-state index contributed by atoms with van der Waals surface area (Å²) in [6, 6.07) is 16.3. The molecule has 0 saturated carbocycles. The maximum atomic E-state index is 6.27. The Bertz CT molecular complexity index is 1010. The largest absolute Gasteiger partial charge is 0.303 e. The maximum Gasteiger partial charge on any atom is 0.0675 e. The van der Waals surface area contributed by atoms with E-state index in [1.165, 1.54) is 41.9 Å². The first-order valence-electron chi connectivity index (χ1n) is 9.91. The van der Waals surface area contributed by atoms with Crippen LogP contribution < -0.4 is 5.36 Å². The average Bonchev–Trinajstić information content (AvgIpc) is 2.72. The van der Waals surface area contributed by atoms with E-state index in [4.69, 9.17) is 28.2 Å². The smallest absolute Gasteiger partial charge is 0.0675 e. The molecule has 2 aromatic carbocycles. The van der Waals surface area contributed by atoms with Crippen molar-refractivity contribution in [2.45, 2.75) is 25.7 Å². The van der Waals surface area contributed by atoms with Crippen molar-refractivity contribution in [3.8, 4) is 10.4 Å². The van der Waals surface area contributed by atoms with Crippen LogP contribution in [0, 0.1) is 0 Å². The van der Waals surface area contributed by atoms with Gasteiger partial charge in [0.25, 0.3) is 0 Å². The van der Waals surface area contributed by atoms with E-state index in [2.05, 4.69) is 29.2 Å². The molecule has 0 aliphatic carbocycles. The van der Waals surface area contributed by atoms with Gasteiger partial charge in [-0.15, -0.1) is 23.7 Å². The molecule has 1 saturated heterocycles. The number of rotatable bonds is 5. The van der Waals surface area contributed by atoms with Gasteiger partial charge in [-0.3, -0.25) is 4.99 Å². The fourth-order valence-corrected chi connectivity index (χ4v) is 5.07. The zero-order valence-electron chi connectivity index (χ0n) is 16.2. The van der Waals surface area contributed by atoms with E-state index in [1.54, 1.807) is 11.3 Å². The molecule has 29 heavy (non-hydrogen) atoms. The van der Waals surface area contributed by atoms with Crippen LogP contribution in [0.5, 0.6) is 0 Å². The van der Waals surface area contributed by atoms with Crippen LogP contribution in [0.2, 0.25) is 10.0 Å². The zero-order chi connectivity index (χ0) is 19.3. The van der Waals surface area contributed by atoms with Crippen molar-refractivity contribution in [2.75, 3.05) is 26.2 Å². The molecule has 0 amide bonds. The monoisotopic (exact) mass is 466 g/mol. The van der Waals surface area contributed by atoms with Crippen LogP contribution in [0.3, 0.4) is 0 Å². The van der Waals surface area contributed by atoms with Gasteiger partial charge in [0.1, 0.15) is 0 Å². The first-order valence-corrected chi connectivity index (χ1v) is 11.5. The van der Waals surface area contributed by atoms with Crippen molar-refractivity contribution in [3.05, 3.63) is 63.9 Å². The second-order valence-corrected chi connectivity index (χ2v) is 9.24. The van der Waals surface area contributed by atoms with Crippen LogP contribution in [-0.4, -0.2) is 31.1 Å². The molecule has 4 rings (SSSR count). The molecule has 1 fully saturated rings. The van der Waals surface area contributed by atoms with Crippen LogP contribution >= 0.6 is 46.9 Å². The van der Waals surface area contributed by atoms with E-state index in [0.29, 0.717) is 0 Å². The quantitative estimate of drug-likeness (QED) is 0.366. The standard InChI is InChI=1S/C23H24Cl2N2S.ClH/c24-18-7-5-17(6-8-18)23-16-21(20-15-19(25)9-10-22(20)28-23)26-11-4-14-27-12-2-1-3-13-27;/h5-10,15-16H,1-4,11-14H2;1H. The van der Waals surface area contributed by atoms with E-state index in [9.17, 15) is 0 Å². The Labute approximate surface area is 192 Å². The highest BCUT2D eigenvalue weighted by Gasteiger charge is 2.09. The number of benzene rings is 2. The fourth-order valence-electron chi connectivity index (χ4n) is 3.71. The van der Waals surface area contributed by atoms with Gasteiger partial charge >= 0.3 is 0 Å². The highest BCUT2D eigenvalue weighted by Crippen LogP contribution is 2.30. The Morgan fingerprint density at radius 1 is 0.897 bits per heavy atom. The second kappa shape index (κ2) is 10.8. The normalized spacial score (nSPS) is 15.4. The van der Waals surface area contributed by atoms with Gasteiger partial charge in [-0.05, 0) is 80.9 Å². The summed E-state index contributed by atoms with van der Waals surface area (Å²) in [5.74, 6) is 0. The molecule has 0 unspecified atom stereocenters. The number of halogens is 3. The van der Waals surface area contributed by atoms with E-state index in [0.717, 1.165) is 45.9 Å². The Balaban J connectivity index is 0.00000240. The molecule has 0 spiro atoms. The van der Waals surface area contributed by atoms with Gasteiger partial charge in [-0.1, -0.05) is 41.8 Å². The SMILES string of the molecule is Cl.Clc1ccc(-c2cc(=NCCCN3CCCCC3)c3cc(Cl)ccc3s2)cc1. The summed E-state index contributed by atoms with van der Waals surface area (Å²) in [7, 11) is 0. The minimum atomic E-state index is 0. The average molecular weight is 468 g/mol. The number of piperidine rings is 1. The predicted octanol–water partition coefficient (Wildman–Crippen LogP) is 7.07. The van der Waals surface area contributed by atoms with Gasteiger partial charge in [0.05, 0.1) is 5.36 Å². The molecular weight excluding hydrogens is 443 g/mol. The summed E-state index contributed by atoms with van der Waals surface area (Å²) in [4.78, 5) is 8.72. The third-order valence-electron chi connectivity index (χ3n) is 5.20. The van der Waals surface area contributed by atoms with E-state index in [1.807, 2.05) is 24.3 Å². The molecule has 2 nitrogen and oxygen atoms in total. The van der Waals surface area contributed by atoms with Crippen molar-refractivity contribution in [2.24, 2.45) is 4.99 Å². The van der Waals surface area contributed by atoms with Gasteiger partial charge < -0.3 is 4.90 Å². The molecule has 2 heterocycles. The van der Waals surface area contributed by atoms with E-state index < -0.39 is 0 Å². The lowest BCUT2D eigenvalue weighted by Crippen LogP contribution is -2.30. The summed E-state index contributed by atoms with van der Waals surface area (Å²) in [6.45, 7) is 4.47. The molecule has 3 aromatic rings. The van der Waals surface area contributed by atoms with Crippen LogP contribution in [-0.2, 0) is 0 Å². The van der Waals surface area contributed by atoms with Crippen LogP contribution in [0.25, 0.3) is 20.5 Å². The minimum Gasteiger partial charge on any atom is -0.303 e. The second-order valence-electron chi connectivity index (χ2n) is 7.28. The van der Waals surface area contributed by atoms with Crippen molar-refractivity contribution in [1.82, 2.24) is 4.90 Å². The molecule has 6 heteroatoms. The summed E-state index contributed by atoms with van der Waals surface area (Å²) in [5, 5.41) is 3.67. The number of hydrogen-bond donors (Lipinski definition) is 0. The molecule has 0 bridgehead atoms.